The highest BCUT2D eigenvalue weighted by Crippen LogP contribution is 2.22. The van der Waals surface area contributed by atoms with Gasteiger partial charge in [-0.25, -0.2) is 0 Å². The lowest BCUT2D eigenvalue weighted by molar-refractivity contribution is 1.11. The minimum atomic E-state index is 0.678. The van der Waals surface area contributed by atoms with E-state index >= 15 is 0 Å². The third kappa shape index (κ3) is 5.75. The molecule has 74 valence electrons. The second-order valence-corrected chi connectivity index (χ2v) is 4.63. The van der Waals surface area contributed by atoms with Crippen LogP contribution in [-0.4, -0.2) is 5.25 Å². The fraction of sp³-hybridized carbons (Fsp3) is 0.500. The minimum Gasteiger partial charge on any atom is -0.123 e. The number of hydrogen-bond acceptors (Lipinski definition) is 1. The first-order chi connectivity index (χ1) is 6.18. The second kappa shape index (κ2) is 7.02. The zero-order chi connectivity index (χ0) is 10.3. The summed E-state index contributed by atoms with van der Waals surface area (Å²) in [5.74, 6) is 0. The van der Waals surface area contributed by atoms with Crippen molar-refractivity contribution in [2.45, 2.75) is 44.8 Å². The van der Waals surface area contributed by atoms with Crippen LogP contribution in [0.25, 0.3) is 0 Å². The molecule has 0 amide bonds. The third-order valence-electron chi connectivity index (χ3n) is 1.36. The van der Waals surface area contributed by atoms with Crippen LogP contribution in [0, 0.1) is 6.92 Å². The Morgan fingerprint density at radius 1 is 1.15 bits per heavy atom. The average molecular weight is 196 g/mol. The summed E-state index contributed by atoms with van der Waals surface area (Å²) in [6, 6.07) is 8.63. The Balaban J connectivity index is 0.000000671. The predicted octanol–water partition coefficient (Wildman–Crippen LogP) is 4.52. The largest absolute Gasteiger partial charge is 0.123 e. The maximum Gasteiger partial charge on any atom is 0.00772 e. The highest BCUT2D eigenvalue weighted by molar-refractivity contribution is 7.99. The molecular weight excluding hydrogens is 176 g/mol. The molecule has 13 heavy (non-hydrogen) atoms. The summed E-state index contributed by atoms with van der Waals surface area (Å²) in [6.45, 7) is 10.6. The Labute approximate surface area is 86.7 Å². The smallest absolute Gasteiger partial charge is 0.00772 e. The van der Waals surface area contributed by atoms with E-state index in [-0.39, 0.29) is 0 Å². The molecule has 0 saturated heterocycles. The van der Waals surface area contributed by atoms with Crippen molar-refractivity contribution in [3.8, 4) is 0 Å². The van der Waals surface area contributed by atoms with Gasteiger partial charge in [-0.3, -0.25) is 0 Å². The van der Waals surface area contributed by atoms with Gasteiger partial charge >= 0.3 is 0 Å². The van der Waals surface area contributed by atoms with Crippen LogP contribution < -0.4 is 0 Å². The first-order valence-electron chi connectivity index (χ1n) is 4.92. The summed E-state index contributed by atoms with van der Waals surface area (Å²) in [5.41, 5.74) is 1.34. The van der Waals surface area contributed by atoms with Gasteiger partial charge in [-0.05, 0) is 19.1 Å². The summed E-state index contributed by atoms with van der Waals surface area (Å²) >= 11 is 1.91. The van der Waals surface area contributed by atoms with Crippen LogP contribution in [-0.2, 0) is 0 Å². The maximum atomic E-state index is 2.23. The predicted molar refractivity (Wildman–Crippen MR) is 63.5 cm³/mol. The molecule has 0 unspecified atom stereocenters. The Kier molecular flexibility index (Phi) is 6.79. The van der Waals surface area contributed by atoms with Crippen molar-refractivity contribution >= 4 is 11.8 Å². The van der Waals surface area contributed by atoms with Gasteiger partial charge in [0.25, 0.3) is 0 Å². The monoisotopic (exact) mass is 196 g/mol. The number of hydrogen-bond donors (Lipinski definition) is 0. The molecule has 0 aliphatic carbocycles. The minimum absolute atomic E-state index is 0.678. The molecule has 1 rings (SSSR count). The molecule has 1 aromatic rings. The molecule has 1 heteroatoms. The van der Waals surface area contributed by atoms with E-state index in [4.69, 9.17) is 0 Å². The molecule has 0 nitrogen and oxygen atoms in total. The molecule has 0 bridgehead atoms. The molecule has 0 aliphatic rings. The molecule has 0 fully saturated rings. The molecule has 0 radical (unpaired) electrons. The first kappa shape index (κ1) is 12.6. The van der Waals surface area contributed by atoms with Crippen LogP contribution >= 0.6 is 11.8 Å². The molecule has 0 heterocycles. The van der Waals surface area contributed by atoms with Gasteiger partial charge in [-0.15, -0.1) is 11.8 Å². The molecule has 1 aromatic carbocycles. The number of aryl methyl sites for hydroxylation is 1. The van der Waals surface area contributed by atoms with Gasteiger partial charge in [0.15, 0.2) is 0 Å². The van der Waals surface area contributed by atoms with Gasteiger partial charge in [-0.2, -0.15) is 0 Å². The molecule has 0 atom stereocenters. The first-order valence-corrected chi connectivity index (χ1v) is 5.80. The van der Waals surface area contributed by atoms with Gasteiger partial charge in [0.1, 0.15) is 0 Å². The fourth-order valence-electron chi connectivity index (χ4n) is 0.961. The average Bonchev–Trinajstić information content (AvgIpc) is 2.06. The normalized spacial score (nSPS) is 9.38. The van der Waals surface area contributed by atoms with Crippen LogP contribution in [0.3, 0.4) is 0 Å². The highest BCUT2D eigenvalue weighted by Gasteiger charge is 1.96. The Hall–Kier alpha value is -0.430. The van der Waals surface area contributed by atoms with E-state index in [1.165, 1.54) is 10.5 Å². The number of thioether (sulfide) groups is 1. The molecule has 0 spiro atoms. The molecule has 0 aromatic heterocycles. The van der Waals surface area contributed by atoms with Crippen molar-refractivity contribution < 1.29 is 0 Å². The Bertz CT molecular complexity index is 228. The van der Waals surface area contributed by atoms with E-state index in [2.05, 4.69) is 45.0 Å². The van der Waals surface area contributed by atoms with Gasteiger partial charge in [0, 0.05) is 10.1 Å². The van der Waals surface area contributed by atoms with Crippen molar-refractivity contribution in [2.24, 2.45) is 0 Å². The van der Waals surface area contributed by atoms with Gasteiger partial charge in [-0.1, -0.05) is 45.4 Å². The second-order valence-electron chi connectivity index (χ2n) is 2.98. The van der Waals surface area contributed by atoms with E-state index in [0.29, 0.717) is 5.25 Å². The van der Waals surface area contributed by atoms with Gasteiger partial charge in [0.2, 0.25) is 0 Å². The van der Waals surface area contributed by atoms with E-state index < -0.39 is 0 Å². The summed E-state index contributed by atoms with van der Waals surface area (Å²) in [5, 5.41) is 0.678. The molecular formula is C12H20S. The summed E-state index contributed by atoms with van der Waals surface area (Å²) in [6.07, 6.45) is 0. The van der Waals surface area contributed by atoms with Crippen molar-refractivity contribution in [2.75, 3.05) is 0 Å². The summed E-state index contributed by atoms with van der Waals surface area (Å²) in [7, 11) is 0. The summed E-state index contributed by atoms with van der Waals surface area (Å²) < 4.78 is 0. The topological polar surface area (TPSA) is 0 Å². The van der Waals surface area contributed by atoms with Crippen molar-refractivity contribution in [3.05, 3.63) is 29.8 Å². The lowest BCUT2D eigenvalue weighted by Crippen LogP contribution is -1.85. The van der Waals surface area contributed by atoms with Crippen LogP contribution in [0.4, 0.5) is 0 Å². The van der Waals surface area contributed by atoms with E-state index in [1.54, 1.807) is 0 Å². The van der Waals surface area contributed by atoms with Gasteiger partial charge in [0.05, 0.1) is 0 Å². The zero-order valence-electron chi connectivity index (χ0n) is 9.29. The van der Waals surface area contributed by atoms with Crippen molar-refractivity contribution in [1.29, 1.82) is 0 Å². The lowest BCUT2D eigenvalue weighted by atomic mass is 10.2. The lowest BCUT2D eigenvalue weighted by Gasteiger charge is -2.04. The SMILES string of the molecule is CC.Cc1cccc(SC(C)C)c1. The van der Waals surface area contributed by atoms with Gasteiger partial charge < -0.3 is 0 Å². The van der Waals surface area contributed by atoms with Crippen molar-refractivity contribution in [3.63, 3.8) is 0 Å². The number of rotatable bonds is 2. The van der Waals surface area contributed by atoms with Crippen LogP contribution in [0.5, 0.6) is 0 Å². The highest BCUT2D eigenvalue weighted by atomic mass is 32.2. The summed E-state index contributed by atoms with van der Waals surface area (Å²) in [4.78, 5) is 1.38. The molecule has 0 aliphatic heterocycles. The third-order valence-corrected chi connectivity index (χ3v) is 2.36. The van der Waals surface area contributed by atoms with Crippen molar-refractivity contribution in [1.82, 2.24) is 0 Å². The fourth-order valence-corrected chi connectivity index (χ4v) is 1.92. The van der Waals surface area contributed by atoms with Crippen LogP contribution in [0.2, 0.25) is 0 Å². The van der Waals surface area contributed by atoms with E-state index in [9.17, 15) is 0 Å². The Morgan fingerprint density at radius 3 is 2.23 bits per heavy atom. The quantitative estimate of drug-likeness (QED) is 0.627. The standard InChI is InChI=1S/C10H14S.C2H6/c1-8(2)11-10-6-4-5-9(3)7-10;1-2/h4-8H,1-3H3;1-2H3. The van der Waals surface area contributed by atoms with E-state index in [0.717, 1.165) is 0 Å². The van der Waals surface area contributed by atoms with E-state index in [1.807, 2.05) is 25.6 Å². The Morgan fingerprint density at radius 2 is 1.77 bits per heavy atom. The van der Waals surface area contributed by atoms with Crippen LogP contribution in [0.15, 0.2) is 29.2 Å². The molecule has 0 N–H and O–H groups in total. The van der Waals surface area contributed by atoms with Crippen LogP contribution in [0.1, 0.15) is 33.3 Å². The zero-order valence-corrected chi connectivity index (χ0v) is 10.1. The maximum absolute atomic E-state index is 2.23. The number of benzene rings is 1. The molecule has 0 saturated carbocycles.